The number of rotatable bonds is 3. The molecule has 5 nitrogen and oxygen atoms in total. The Balaban J connectivity index is 2.01. The van der Waals surface area contributed by atoms with Crippen LogP contribution in [0.3, 0.4) is 0 Å². The molecule has 0 spiro atoms. The van der Waals surface area contributed by atoms with Gasteiger partial charge in [-0.3, -0.25) is 9.59 Å². The summed E-state index contributed by atoms with van der Waals surface area (Å²) in [5.41, 5.74) is 5.63. The molecule has 1 saturated carbocycles. The largest absolute Gasteiger partial charge is 0.347 e. The Kier molecular flexibility index (Phi) is 3.90. The first-order valence-corrected chi connectivity index (χ1v) is 6.89. The van der Waals surface area contributed by atoms with Crippen LogP contribution in [0.1, 0.15) is 45.4 Å². The van der Waals surface area contributed by atoms with Crippen molar-refractivity contribution in [1.29, 1.82) is 0 Å². The van der Waals surface area contributed by atoms with E-state index in [1.54, 1.807) is 0 Å². The summed E-state index contributed by atoms with van der Waals surface area (Å²) in [4.78, 5) is 23.3. The summed E-state index contributed by atoms with van der Waals surface area (Å²) in [6, 6.07) is -0.366. The molecule has 3 atom stereocenters. The highest BCUT2D eigenvalue weighted by Crippen LogP contribution is 2.33. The minimum atomic E-state index is -0.366. The summed E-state index contributed by atoms with van der Waals surface area (Å²) < 4.78 is 0. The SMILES string of the molecule is CC1CCCCC1(CN)NC(=O)C1CCC(=O)N1. The normalized spacial score (nSPS) is 36.2. The molecule has 102 valence electrons. The van der Waals surface area contributed by atoms with Crippen LogP contribution in [0.5, 0.6) is 0 Å². The van der Waals surface area contributed by atoms with Crippen LogP contribution in [-0.2, 0) is 9.59 Å². The molecule has 2 rings (SSSR count). The van der Waals surface area contributed by atoms with Crippen molar-refractivity contribution in [1.82, 2.24) is 10.6 Å². The van der Waals surface area contributed by atoms with Gasteiger partial charge in [0.15, 0.2) is 0 Å². The van der Waals surface area contributed by atoms with Crippen LogP contribution < -0.4 is 16.4 Å². The molecule has 1 aliphatic heterocycles. The second-order valence-corrected chi connectivity index (χ2v) is 5.66. The van der Waals surface area contributed by atoms with Crippen LogP contribution in [0, 0.1) is 5.92 Å². The van der Waals surface area contributed by atoms with E-state index in [1.165, 1.54) is 6.42 Å². The fraction of sp³-hybridized carbons (Fsp3) is 0.846. The summed E-state index contributed by atoms with van der Waals surface area (Å²) in [6.45, 7) is 2.63. The predicted molar refractivity (Wildman–Crippen MR) is 68.7 cm³/mol. The average Bonchev–Trinajstić information content (AvgIpc) is 2.79. The van der Waals surface area contributed by atoms with Crippen molar-refractivity contribution >= 4 is 11.8 Å². The quantitative estimate of drug-likeness (QED) is 0.676. The van der Waals surface area contributed by atoms with E-state index >= 15 is 0 Å². The molecule has 1 heterocycles. The minimum Gasteiger partial charge on any atom is -0.347 e. The van der Waals surface area contributed by atoms with E-state index in [0.29, 0.717) is 25.3 Å². The molecule has 0 aromatic carbocycles. The number of carbonyl (C=O) groups is 2. The third kappa shape index (κ3) is 2.51. The number of hydrogen-bond donors (Lipinski definition) is 3. The Hall–Kier alpha value is -1.10. The molecule has 0 bridgehead atoms. The van der Waals surface area contributed by atoms with Gasteiger partial charge in [-0.25, -0.2) is 0 Å². The molecule has 4 N–H and O–H groups in total. The fourth-order valence-corrected chi connectivity index (χ4v) is 3.10. The van der Waals surface area contributed by atoms with E-state index in [4.69, 9.17) is 5.73 Å². The number of carbonyl (C=O) groups excluding carboxylic acids is 2. The summed E-state index contributed by atoms with van der Waals surface area (Å²) in [5.74, 6) is 0.297. The van der Waals surface area contributed by atoms with Crippen molar-refractivity contribution < 1.29 is 9.59 Å². The zero-order valence-electron chi connectivity index (χ0n) is 11.0. The summed E-state index contributed by atoms with van der Waals surface area (Å²) in [7, 11) is 0. The lowest BCUT2D eigenvalue weighted by atomic mass is 9.73. The van der Waals surface area contributed by atoms with Crippen LogP contribution in [0.25, 0.3) is 0 Å². The van der Waals surface area contributed by atoms with Crippen molar-refractivity contribution in [2.75, 3.05) is 6.54 Å². The van der Waals surface area contributed by atoms with Crippen molar-refractivity contribution in [3.8, 4) is 0 Å². The number of amides is 2. The highest BCUT2D eigenvalue weighted by Gasteiger charge is 2.40. The topological polar surface area (TPSA) is 84.2 Å². The van der Waals surface area contributed by atoms with E-state index in [9.17, 15) is 9.59 Å². The predicted octanol–water partition coefficient (Wildman–Crippen LogP) is 0.289. The summed E-state index contributed by atoms with van der Waals surface area (Å²) >= 11 is 0. The van der Waals surface area contributed by atoms with Gasteiger partial charge in [0.1, 0.15) is 6.04 Å². The molecular weight excluding hydrogens is 230 g/mol. The lowest BCUT2D eigenvalue weighted by Gasteiger charge is -2.43. The van der Waals surface area contributed by atoms with Gasteiger partial charge in [0.05, 0.1) is 5.54 Å². The Morgan fingerprint density at radius 3 is 2.83 bits per heavy atom. The molecule has 5 heteroatoms. The van der Waals surface area contributed by atoms with E-state index in [-0.39, 0.29) is 23.4 Å². The van der Waals surface area contributed by atoms with Crippen molar-refractivity contribution in [2.45, 2.75) is 57.0 Å². The molecule has 2 aliphatic rings. The highest BCUT2D eigenvalue weighted by molar-refractivity contribution is 5.91. The molecular formula is C13H23N3O2. The maximum absolute atomic E-state index is 12.2. The maximum atomic E-state index is 12.2. The molecule has 0 aromatic rings. The monoisotopic (exact) mass is 253 g/mol. The van der Waals surface area contributed by atoms with Crippen LogP contribution in [0.15, 0.2) is 0 Å². The molecule has 18 heavy (non-hydrogen) atoms. The van der Waals surface area contributed by atoms with Gasteiger partial charge in [-0.05, 0) is 25.2 Å². The lowest BCUT2D eigenvalue weighted by molar-refractivity contribution is -0.128. The van der Waals surface area contributed by atoms with E-state index in [2.05, 4.69) is 17.6 Å². The first-order valence-electron chi connectivity index (χ1n) is 6.89. The van der Waals surface area contributed by atoms with Crippen molar-refractivity contribution in [3.05, 3.63) is 0 Å². The van der Waals surface area contributed by atoms with Gasteiger partial charge in [0.25, 0.3) is 0 Å². The molecule has 3 unspecified atom stereocenters. The number of nitrogens with one attached hydrogen (secondary N) is 2. The number of hydrogen-bond acceptors (Lipinski definition) is 3. The zero-order valence-corrected chi connectivity index (χ0v) is 11.0. The molecule has 0 aromatic heterocycles. The minimum absolute atomic E-state index is 0.0337. The number of nitrogens with two attached hydrogens (primary N) is 1. The molecule has 1 saturated heterocycles. The standard InChI is InChI=1S/C13H23N3O2/c1-9-4-2-3-7-13(9,8-14)16-12(18)10-5-6-11(17)15-10/h9-10H,2-8,14H2,1H3,(H,15,17)(H,16,18). The van der Waals surface area contributed by atoms with Gasteiger partial charge in [-0.15, -0.1) is 0 Å². The maximum Gasteiger partial charge on any atom is 0.243 e. The first kappa shape index (κ1) is 13.3. The zero-order chi connectivity index (χ0) is 13.2. The van der Waals surface area contributed by atoms with Crippen molar-refractivity contribution in [2.24, 2.45) is 11.7 Å². The smallest absolute Gasteiger partial charge is 0.243 e. The summed E-state index contributed by atoms with van der Waals surface area (Å²) in [5, 5.41) is 5.82. The Morgan fingerprint density at radius 1 is 1.50 bits per heavy atom. The molecule has 0 radical (unpaired) electrons. The van der Waals surface area contributed by atoms with Gasteiger partial charge in [-0.2, -0.15) is 0 Å². The molecule has 1 aliphatic carbocycles. The van der Waals surface area contributed by atoms with Crippen LogP contribution in [0.2, 0.25) is 0 Å². The Bertz CT molecular complexity index is 345. The third-order valence-corrected chi connectivity index (χ3v) is 4.50. The molecule has 2 fully saturated rings. The van der Waals surface area contributed by atoms with Crippen LogP contribution in [-0.4, -0.2) is 29.9 Å². The second-order valence-electron chi connectivity index (χ2n) is 5.66. The second kappa shape index (κ2) is 5.26. The third-order valence-electron chi connectivity index (χ3n) is 4.50. The van der Waals surface area contributed by atoms with Gasteiger partial charge >= 0.3 is 0 Å². The first-order chi connectivity index (χ1) is 8.57. The van der Waals surface area contributed by atoms with Gasteiger partial charge in [0.2, 0.25) is 11.8 Å². The van der Waals surface area contributed by atoms with Crippen molar-refractivity contribution in [3.63, 3.8) is 0 Å². The van der Waals surface area contributed by atoms with E-state index in [1.807, 2.05) is 0 Å². The van der Waals surface area contributed by atoms with Gasteiger partial charge < -0.3 is 16.4 Å². The van der Waals surface area contributed by atoms with E-state index < -0.39 is 0 Å². The Labute approximate surface area is 108 Å². The van der Waals surface area contributed by atoms with Gasteiger partial charge in [-0.1, -0.05) is 19.8 Å². The Morgan fingerprint density at radius 2 is 2.28 bits per heavy atom. The van der Waals surface area contributed by atoms with Gasteiger partial charge in [0, 0.05) is 13.0 Å². The highest BCUT2D eigenvalue weighted by atomic mass is 16.2. The molecule has 2 amide bonds. The lowest BCUT2D eigenvalue weighted by Crippen LogP contribution is -2.61. The van der Waals surface area contributed by atoms with Crippen LogP contribution >= 0.6 is 0 Å². The van der Waals surface area contributed by atoms with Crippen LogP contribution in [0.4, 0.5) is 0 Å². The van der Waals surface area contributed by atoms with E-state index in [0.717, 1.165) is 19.3 Å². The average molecular weight is 253 g/mol. The summed E-state index contributed by atoms with van der Waals surface area (Å²) in [6.07, 6.45) is 5.41. The fourth-order valence-electron chi connectivity index (χ4n) is 3.10.